The van der Waals surface area contributed by atoms with Crippen molar-refractivity contribution in [3.05, 3.63) is 17.0 Å². The largest absolute Gasteiger partial charge is 0.361 e. The fourth-order valence-corrected chi connectivity index (χ4v) is 1.27. The first-order valence-electron chi connectivity index (χ1n) is 4.69. The second-order valence-electron chi connectivity index (χ2n) is 3.54. The van der Waals surface area contributed by atoms with Gasteiger partial charge in [0, 0.05) is 24.9 Å². The van der Waals surface area contributed by atoms with Gasteiger partial charge in [-0.25, -0.2) is 0 Å². The Bertz CT molecular complexity index is 331. The Morgan fingerprint density at radius 1 is 1.57 bits per heavy atom. The molecular weight excluding hydrogens is 180 g/mol. The van der Waals surface area contributed by atoms with Crippen LogP contribution in [-0.4, -0.2) is 18.1 Å². The topological polar surface area (TPSA) is 55.1 Å². The maximum absolute atomic E-state index is 11.3. The van der Waals surface area contributed by atoms with Crippen LogP contribution in [0.4, 0.5) is 0 Å². The van der Waals surface area contributed by atoms with Crippen LogP contribution in [-0.2, 0) is 11.2 Å². The maximum Gasteiger partial charge on any atom is 0.223 e. The number of nitrogens with zero attached hydrogens (tertiary/aromatic N) is 1. The van der Waals surface area contributed by atoms with Gasteiger partial charge in [0.1, 0.15) is 5.76 Å². The first kappa shape index (κ1) is 10.8. The third-order valence-electron chi connectivity index (χ3n) is 2.44. The molecule has 0 aliphatic heterocycles. The van der Waals surface area contributed by atoms with Gasteiger partial charge in [-0.05, 0) is 13.8 Å². The zero-order valence-electron chi connectivity index (χ0n) is 9.05. The lowest BCUT2D eigenvalue weighted by atomic mass is 10.0. The van der Waals surface area contributed by atoms with Gasteiger partial charge < -0.3 is 9.84 Å². The van der Waals surface area contributed by atoms with Crippen LogP contribution >= 0.6 is 0 Å². The van der Waals surface area contributed by atoms with E-state index >= 15 is 0 Å². The quantitative estimate of drug-likeness (QED) is 0.790. The Hall–Kier alpha value is -1.32. The smallest absolute Gasteiger partial charge is 0.223 e. The van der Waals surface area contributed by atoms with E-state index in [0.29, 0.717) is 6.42 Å². The number of rotatable bonds is 3. The van der Waals surface area contributed by atoms with E-state index in [2.05, 4.69) is 10.5 Å². The Balaban J connectivity index is 2.69. The number of hydrogen-bond acceptors (Lipinski definition) is 3. The maximum atomic E-state index is 11.3. The lowest BCUT2D eigenvalue weighted by Crippen LogP contribution is -2.26. The predicted molar refractivity (Wildman–Crippen MR) is 52.9 cm³/mol. The zero-order chi connectivity index (χ0) is 10.7. The zero-order valence-corrected chi connectivity index (χ0v) is 9.05. The van der Waals surface area contributed by atoms with Crippen LogP contribution in [0.5, 0.6) is 0 Å². The Kier molecular flexibility index (Phi) is 3.28. The van der Waals surface area contributed by atoms with E-state index in [0.717, 1.165) is 17.0 Å². The summed E-state index contributed by atoms with van der Waals surface area (Å²) in [6.45, 7) is 5.72. The summed E-state index contributed by atoms with van der Waals surface area (Å²) in [5, 5.41) is 6.46. The Labute approximate surface area is 83.7 Å². The molecule has 1 aromatic rings. The van der Waals surface area contributed by atoms with Gasteiger partial charge in [-0.1, -0.05) is 12.1 Å². The number of carbonyl (C=O) groups is 1. The van der Waals surface area contributed by atoms with Crippen molar-refractivity contribution in [1.82, 2.24) is 10.5 Å². The Morgan fingerprint density at radius 2 is 2.21 bits per heavy atom. The molecule has 14 heavy (non-hydrogen) atoms. The number of nitrogens with one attached hydrogen (secondary N) is 1. The fraction of sp³-hybridized carbons (Fsp3) is 0.600. The van der Waals surface area contributed by atoms with Gasteiger partial charge in [0.05, 0.1) is 5.69 Å². The van der Waals surface area contributed by atoms with E-state index in [4.69, 9.17) is 4.52 Å². The van der Waals surface area contributed by atoms with Crippen LogP contribution < -0.4 is 5.32 Å². The van der Waals surface area contributed by atoms with Crippen molar-refractivity contribution >= 4 is 5.91 Å². The molecule has 0 saturated heterocycles. The molecule has 0 fully saturated rings. The number of carbonyl (C=O) groups excluding carboxylic acids is 1. The standard InChI is InChI=1S/C10H16N2O2/c1-6(10(13)11-4)5-9-7(2)8(3)12-14-9/h6H,5H2,1-4H3,(H,11,13). The van der Waals surface area contributed by atoms with Gasteiger partial charge in [0.2, 0.25) is 5.91 Å². The molecular formula is C10H16N2O2. The fourth-order valence-electron chi connectivity index (χ4n) is 1.27. The molecule has 4 nitrogen and oxygen atoms in total. The summed E-state index contributed by atoms with van der Waals surface area (Å²) in [6.07, 6.45) is 0.604. The lowest BCUT2D eigenvalue weighted by molar-refractivity contribution is -0.124. The van der Waals surface area contributed by atoms with E-state index in [1.54, 1.807) is 7.05 Å². The van der Waals surface area contributed by atoms with Crippen molar-refractivity contribution in [2.75, 3.05) is 7.05 Å². The highest BCUT2D eigenvalue weighted by atomic mass is 16.5. The van der Waals surface area contributed by atoms with Gasteiger partial charge in [-0.15, -0.1) is 0 Å². The van der Waals surface area contributed by atoms with Crippen LogP contribution in [0, 0.1) is 19.8 Å². The summed E-state index contributed by atoms with van der Waals surface area (Å²) in [6, 6.07) is 0. The monoisotopic (exact) mass is 196 g/mol. The highest BCUT2D eigenvalue weighted by Crippen LogP contribution is 2.16. The minimum absolute atomic E-state index is 0.0263. The molecule has 0 radical (unpaired) electrons. The molecule has 4 heteroatoms. The summed E-state index contributed by atoms with van der Waals surface area (Å²) in [5.41, 5.74) is 1.94. The van der Waals surface area contributed by atoms with E-state index in [9.17, 15) is 4.79 Å². The van der Waals surface area contributed by atoms with Gasteiger partial charge in [0.25, 0.3) is 0 Å². The summed E-state index contributed by atoms with van der Waals surface area (Å²) in [5.74, 6) is 0.753. The molecule has 0 spiro atoms. The number of amides is 1. The minimum atomic E-state index is -0.0777. The van der Waals surface area contributed by atoms with Crippen molar-refractivity contribution in [3.63, 3.8) is 0 Å². The Morgan fingerprint density at radius 3 is 2.64 bits per heavy atom. The molecule has 1 heterocycles. The molecule has 0 aromatic carbocycles. The van der Waals surface area contributed by atoms with E-state index in [-0.39, 0.29) is 11.8 Å². The first-order chi connectivity index (χ1) is 6.56. The lowest BCUT2D eigenvalue weighted by Gasteiger charge is -2.07. The molecule has 0 saturated carbocycles. The van der Waals surface area contributed by atoms with Crippen LogP contribution in [0.2, 0.25) is 0 Å². The number of aromatic nitrogens is 1. The normalized spacial score (nSPS) is 12.6. The van der Waals surface area contributed by atoms with E-state index in [1.165, 1.54) is 0 Å². The number of aryl methyl sites for hydroxylation is 1. The van der Waals surface area contributed by atoms with Crippen LogP contribution in [0.3, 0.4) is 0 Å². The van der Waals surface area contributed by atoms with Crippen molar-refractivity contribution in [2.24, 2.45) is 5.92 Å². The molecule has 78 valence electrons. The second kappa shape index (κ2) is 4.26. The highest BCUT2D eigenvalue weighted by molar-refractivity contribution is 5.78. The van der Waals surface area contributed by atoms with Crippen LogP contribution in [0.15, 0.2) is 4.52 Å². The molecule has 1 unspecified atom stereocenters. The van der Waals surface area contributed by atoms with E-state index < -0.39 is 0 Å². The van der Waals surface area contributed by atoms with Gasteiger partial charge >= 0.3 is 0 Å². The third-order valence-corrected chi connectivity index (χ3v) is 2.44. The molecule has 0 aliphatic rings. The molecule has 1 aromatic heterocycles. The average Bonchev–Trinajstić information content (AvgIpc) is 2.48. The third kappa shape index (κ3) is 2.13. The van der Waals surface area contributed by atoms with Crippen molar-refractivity contribution in [3.8, 4) is 0 Å². The summed E-state index contributed by atoms with van der Waals surface area (Å²) >= 11 is 0. The molecule has 1 atom stereocenters. The molecule has 0 aliphatic carbocycles. The van der Waals surface area contributed by atoms with Crippen molar-refractivity contribution < 1.29 is 9.32 Å². The first-order valence-corrected chi connectivity index (χ1v) is 4.69. The summed E-state index contributed by atoms with van der Waals surface area (Å²) in [7, 11) is 1.64. The van der Waals surface area contributed by atoms with Crippen molar-refractivity contribution in [1.29, 1.82) is 0 Å². The van der Waals surface area contributed by atoms with Gasteiger partial charge in [-0.2, -0.15) is 0 Å². The SMILES string of the molecule is CNC(=O)C(C)Cc1onc(C)c1C. The number of hydrogen-bond donors (Lipinski definition) is 1. The molecule has 1 rings (SSSR count). The second-order valence-corrected chi connectivity index (χ2v) is 3.54. The molecule has 1 amide bonds. The minimum Gasteiger partial charge on any atom is -0.361 e. The predicted octanol–water partition coefficient (Wildman–Crippen LogP) is 1.22. The van der Waals surface area contributed by atoms with Crippen molar-refractivity contribution in [2.45, 2.75) is 27.2 Å². The van der Waals surface area contributed by atoms with Gasteiger partial charge in [-0.3, -0.25) is 4.79 Å². The highest BCUT2D eigenvalue weighted by Gasteiger charge is 2.16. The van der Waals surface area contributed by atoms with Gasteiger partial charge in [0.15, 0.2) is 0 Å². The van der Waals surface area contributed by atoms with Crippen LogP contribution in [0.1, 0.15) is 23.9 Å². The van der Waals surface area contributed by atoms with E-state index in [1.807, 2.05) is 20.8 Å². The molecule has 0 bridgehead atoms. The molecule has 1 N–H and O–H groups in total. The summed E-state index contributed by atoms with van der Waals surface area (Å²) in [4.78, 5) is 11.3. The average molecular weight is 196 g/mol. The van der Waals surface area contributed by atoms with Crippen LogP contribution in [0.25, 0.3) is 0 Å². The summed E-state index contributed by atoms with van der Waals surface area (Å²) < 4.78 is 5.13.